The van der Waals surface area contributed by atoms with E-state index in [9.17, 15) is 14.0 Å². The van der Waals surface area contributed by atoms with Crippen molar-refractivity contribution in [3.05, 3.63) is 65.5 Å². The third-order valence-electron chi connectivity index (χ3n) is 4.55. The first kappa shape index (κ1) is 17.9. The fourth-order valence-corrected chi connectivity index (χ4v) is 2.96. The summed E-state index contributed by atoms with van der Waals surface area (Å²) < 4.78 is 13.6. The molecule has 6 heteroatoms. The van der Waals surface area contributed by atoms with E-state index < -0.39 is 5.82 Å². The molecule has 0 atom stereocenters. The smallest absolute Gasteiger partial charge is 0.321 e. The molecule has 2 aromatic carbocycles. The zero-order chi connectivity index (χ0) is 18.5. The van der Waals surface area contributed by atoms with Gasteiger partial charge in [-0.3, -0.25) is 4.79 Å². The van der Waals surface area contributed by atoms with Crippen molar-refractivity contribution in [2.75, 3.05) is 18.4 Å². The van der Waals surface area contributed by atoms with Crippen molar-refractivity contribution in [3.63, 3.8) is 0 Å². The zero-order valence-electron chi connectivity index (χ0n) is 14.7. The van der Waals surface area contributed by atoms with Crippen LogP contribution in [0.3, 0.4) is 0 Å². The number of hydrogen-bond donors (Lipinski definition) is 2. The van der Waals surface area contributed by atoms with Crippen molar-refractivity contribution in [1.29, 1.82) is 0 Å². The summed E-state index contributed by atoms with van der Waals surface area (Å²) in [6.07, 6.45) is 1.34. The zero-order valence-corrected chi connectivity index (χ0v) is 14.7. The minimum Gasteiger partial charge on any atom is -0.349 e. The van der Waals surface area contributed by atoms with E-state index >= 15 is 0 Å². The van der Waals surface area contributed by atoms with Gasteiger partial charge in [-0.25, -0.2) is 9.18 Å². The summed E-state index contributed by atoms with van der Waals surface area (Å²) in [7, 11) is 0. The van der Waals surface area contributed by atoms with Crippen LogP contribution in [0.2, 0.25) is 0 Å². The highest BCUT2D eigenvalue weighted by Crippen LogP contribution is 2.16. The number of aryl methyl sites for hydroxylation is 1. The van der Waals surface area contributed by atoms with Gasteiger partial charge in [-0.05, 0) is 44.0 Å². The Morgan fingerprint density at radius 3 is 2.35 bits per heavy atom. The molecule has 0 spiro atoms. The highest BCUT2D eigenvalue weighted by atomic mass is 19.1. The van der Waals surface area contributed by atoms with Crippen molar-refractivity contribution in [3.8, 4) is 0 Å². The van der Waals surface area contributed by atoms with Crippen LogP contribution in [0.5, 0.6) is 0 Å². The molecular formula is C20H22FN3O2. The van der Waals surface area contributed by atoms with Gasteiger partial charge in [0.15, 0.2) is 0 Å². The molecule has 136 valence electrons. The van der Waals surface area contributed by atoms with E-state index in [1.807, 2.05) is 31.2 Å². The molecule has 5 nitrogen and oxygen atoms in total. The number of rotatable bonds is 3. The molecule has 1 aliphatic rings. The van der Waals surface area contributed by atoms with Gasteiger partial charge in [-0.2, -0.15) is 0 Å². The monoisotopic (exact) mass is 355 g/mol. The molecule has 0 saturated carbocycles. The van der Waals surface area contributed by atoms with Gasteiger partial charge in [0.25, 0.3) is 5.91 Å². The van der Waals surface area contributed by atoms with Crippen molar-refractivity contribution in [2.45, 2.75) is 25.8 Å². The number of piperidine rings is 1. The number of anilines is 1. The van der Waals surface area contributed by atoms with Crippen molar-refractivity contribution >= 4 is 17.6 Å². The Bertz CT molecular complexity index is 784. The molecule has 2 N–H and O–H groups in total. The largest absolute Gasteiger partial charge is 0.349 e. The van der Waals surface area contributed by atoms with E-state index in [4.69, 9.17) is 0 Å². The fourth-order valence-electron chi connectivity index (χ4n) is 2.96. The number of hydrogen-bond acceptors (Lipinski definition) is 2. The molecule has 3 amide bonds. The van der Waals surface area contributed by atoms with E-state index in [-0.39, 0.29) is 23.7 Å². The summed E-state index contributed by atoms with van der Waals surface area (Å²) in [6, 6.07) is 13.2. The number of nitrogens with one attached hydrogen (secondary N) is 2. The summed E-state index contributed by atoms with van der Waals surface area (Å²) in [6.45, 7) is 3.00. The number of carbonyl (C=O) groups excluding carboxylic acids is 2. The minimum absolute atomic E-state index is 0.0290. The first-order chi connectivity index (χ1) is 12.5. The van der Waals surface area contributed by atoms with Gasteiger partial charge in [0, 0.05) is 24.7 Å². The maximum atomic E-state index is 13.6. The summed E-state index contributed by atoms with van der Waals surface area (Å²) in [5.41, 5.74) is 1.92. The van der Waals surface area contributed by atoms with Gasteiger partial charge in [0.05, 0.1) is 5.69 Å². The number of benzene rings is 2. The Kier molecular flexibility index (Phi) is 5.51. The van der Waals surface area contributed by atoms with Crippen LogP contribution in [-0.2, 0) is 0 Å². The Morgan fingerprint density at radius 2 is 1.69 bits per heavy atom. The fraction of sp³-hybridized carbons (Fsp3) is 0.300. The molecule has 1 saturated heterocycles. The second-order valence-electron chi connectivity index (χ2n) is 6.51. The van der Waals surface area contributed by atoms with E-state index in [1.165, 1.54) is 12.1 Å². The van der Waals surface area contributed by atoms with Gasteiger partial charge < -0.3 is 15.5 Å². The quantitative estimate of drug-likeness (QED) is 0.884. The molecule has 1 heterocycles. The summed E-state index contributed by atoms with van der Waals surface area (Å²) in [4.78, 5) is 26.2. The molecular weight excluding hydrogens is 333 g/mol. The number of carbonyl (C=O) groups is 2. The number of likely N-dealkylation sites (tertiary alicyclic amines) is 1. The highest BCUT2D eigenvalue weighted by Gasteiger charge is 2.24. The van der Waals surface area contributed by atoms with Crippen LogP contribution in [0.25, 0.3) is 0 Å². The maximum absolute atomic E-state index is 13.6. The number of para-hydroxylation sites is 1. The average Bonchev–Trinajstić information content (AvgIpc) is 2.64. The van der Waals surface area contributed by atoms with Gasteiger partial charge in [-0.1, -0.05) is 29.8 Å². The molecule has 0 radical (unpaired) electrons. The maximum Gasteiger partial charge on any atom is 0.321 e. The van der Waals surface area contributed by atoms with Crippen LogP contribution >= 0.6 is 0 Å². The predicted molar refractivity (Wildman–Crippen MR) is 98.7 cm³/mol. The lowest BCUT2D eigenvalue weighted by Crippen LogP contribution is -2.47. The first-order valence-corrected chi connectivity index (χ1v) is 8.71. The molecule has 1 aliphatic heterocycles. The summed E-state index contributed by atoms with van der Waals surface area (Å²) in [5, 5.41) is 5.61. The number of amides is 3. The Hall–Kier alpha value is -2.89. The van der Waals surface area contributed by atoms with E-state index in [1.54, 1.807) is 17.0 Å². The van der Waals surface area contributed by atoms with Crippen molar-refractivity contribution < 1.29 is 14.0 Å². The summed E-state index contributed by atoms with van der Waals surface area (Å²) in [5.74, 6) is -0.555. The van der Waals surface area contributed by atoms with Crippen LogP contribution in [0.1, 0.15) is 28.8 Å². The van der Waals surface area contributed by atoms with E-state index in [0.29, 0.717) is 31.5 Å². The molecule has 1 fully saturated rings. The SMILES string of the molecule is Cc1ccc(C(=O)NC2CCN(C(=O)Nc3ccccc3F)CC2)cc1. The third kappa shape index (κ3) is 4.39. The molecule has 0 aliphatic carbocycles. The van der Waals surface area contributed by atoms with Gasteiger partial charge in [0.2, 0.25) is 0 Å². The Labute approximate surface area is 152 Å². The second kappa shape index (κ2) is 7.99. The first-order valence-electron chi connectivity index (χ1n) is 8.71. The molecule has 26 heavy (non-hydrogen) atoms. The lowest BCUT2D eigenvalue weighted by molar-refractivity contribution is 0.0919. The highest BCUT2D eigenvalue weighted by molar-refractivity contribution is 5.94. The number of nitrogens with zero attached hydrogens (tertiary/aromatic N) is 1. The van der Waals surface area contributed by atoms with Crippen LogP contribution in [-0.4, -0.2) is 36.0 Å². The normalized spacial score (nSPS) is 14.8. The van der Waals surface area contributed by atoms with Crippen LogP contribution in [0, 0.1) is 12.7 Å². The van der Waals surface area contributed by atoms with Crippen LogP contribution in [0.4, 0.5) is 14.9 Å². The Morgan fingerprint density at radius 1 is 1.04 bits per heavy atom. The Balaban J connectivity index is 1.49. The van der Waals surface area contributed by atoms with E-state index in [0.717, 1.165) is 5.56 Å². The molecule has 0 bridgehead atoms. The van der Waals surface area contributed by atoms with Crippen molar-refractivity contribution in [2.24, 2.45) is 0 Å². The topological polar surface area (TPSA) is 61.4 Å². The lowest BCUT2D eigenvalue weighted by atomic mass is 10.0. The third-order valence-corrected chi connectivity index (χ3v) is 4.55. The standard InChI is InChI=1S/C20H22FN3O2/c1-14-6-8-15(9-7-14)19(25)22-16-10-12-24(13-11-16)20(26)23-18-5-3-2-4-17(18)21/h2-9,16H,10-13H2,1H3,(H,22,25)(H,23,26). The average molecular weight is 355 g/mol. The minimum atomic E-state index is -0.457. The number of halogens is 1. The summed E-state index contributed by atoms with van der Waals surface area (Å²) >= 11 is 0. The van der Waals surface area contributed by atoms with Crippen molar-refractivity contribution in [1.82, 2.24) is 10.2 Å². The number of urea groups is 1. The van der Waals surface area contributed by atoms with Crippen LogP contribution in [0.15, 0.2) is 48.5 Å². The molecule has 2 aromatic rings. The van der Waals surface area contributed by atoms with Crippen LogP contribution < -0.4 is 10.6 Å². The molecule has 0 aromatic heterocycles. The van der Waals surface area contributed by atoms with Gasteiger partial charge in [0.1, 0.15) is 5.82 Å². The molecule has 0 unspecified atom stereocenters. The van der Waals surface area contributed by atoms with E-state index in [2.05, 4.69) is 10.6 Å². The lowest BCUT2D eigenvalue weighted by Gasteiger charge is -2.32. The van der Waals surface area contributed by atoms with Gasteiger partial charge >= 0.3 is 6.03 Å². The molecule has 3 rings (SSSR count). The van der Waals surface area contributed by atoms with Gasteiger partial charge in [-0.15, -0.1) is 0 Å². The second-order valence-corrected chi connectivity index (χ2v) is 6.51. The predicted octanol–water partition coefficient (Wildman–Crippen LogP) is 3.56.